The van der Waals surface area contributed by atoms with Crippen LogP contribution in [0.25, 0.3) is 0 Å². The van der Waals surface area contributed by atoms with Crippen molar-refractivity contribution in [2.45, 2.75) is 20.3 Å². The maximum Gasteiger partial charge on any atom is 0.339 e. The summed E-state index contributed by atoms with van der Waals surface area (Å²) < 4.78 is 9.58. The van der Waals surface area contributed by atoms with Gasteiger partial charge in [0, 0.05) is 6.92 Å². The van der Waals surface area contributed by atoms with Crippen LogP contribution in [0.5, 0.6) is 11.5 Å². The van der Waals surface area contributed by atoms with Crippen molar-refractivity contribution in [3.63, 3.8) is 0 Å². The number of carboxylic acids is 1. The van der Waals surface area contributed by atoms with Crippen LogP contribution in [0, 0.1) is 0 Å². The van der Waals surface area contributed by atoms with Crippen molar-refractivity contribution in [3.05, 3.63) is 59.7 Å². The molecule has 7 heteroatoms. The first kappa shape index (κ1) is 20.7. The number of aromatic hydroxyl groups is 1. The van der Waals surface area contributed by atoms with E-state index in [1.54, 1.807) is 12.1 Å². The van der Waals surface area contributed by atoms with Crippen LogP contribution in [0.2, 0.25) is 0 Å². The topological polar surface area (TPSA) is 110 Å². The third kappa shape index (κ3) is 7.04. The Bertz CT molecular complexity index is 751. The normalized spacial score (nSPS) is 9.46. The molecule has 2 N–H and O–H groups in total. The van der Waals surface area contributed by atoms with E-state index in [0.717, 1.165) is 6.42 Å². The predicted octanol–water partition coefficient (Wildman–Crippen LogP) is 3.27. The van der Waals surface area contributed by atoms with Gasteiger partial charge in [0.15, 0.2) is 0 Å². The number of ether oxygens (including phenoxy) is 2. The van der Waals surface area contributed by atoms with Crippen molar-refractivity contribution in [2.24, 2.45) is 0 Å². The minimum absolute atomic E-state index is 0.0160. The molecule has 0 unspecified atom stereocenters. The van der Waals surface area contributed by atoms with E-state index in [2.05, 4.69) is 4.74 Å². The molecule has 0 saturated carbocycles. The van der Waals surface area contributed by atoms with Gasteiger partial charge in [-0.15, -0.1) is 0 Å². The average molecular weight is 360 g/mol. The molecule has 2 rings (SSSR count). The maximum atomic E-state index is 11.2. The van der Waals surface area contributed by atoms with Gasteiger partial charge in [-0.25, -0.2) is 9.59 Å². The number of carbonyl (C=O) groups excluding carboxylic acids is 2. The van der Waals surface area contributed by atoms with Crippen LogP contribution in [0.15, 0.2) is 48.5 Å². The standard InChI is InChI=1S/C10H12O3.C9H8O4/c1-2-7-13-10(12)8-3-5-9(11)6-4-8;1-6(10)13-8-5-3-2-4-7(8)9(11)12/h3-6,11H,2,7H2,1H3;2-5H,1H3,(H,11,12). The first-order chi connectivity index (χ1) is 12.3. The number of phenols is 1. The van der Waals surface area contributed by atoms with Crippen LogP contribution >= 0.6 is 0 Å². The zero-order valence-electron chi connectivity index (χ0n) is 14.5. The Labute approximate surface area is 150 Å². The molecule has 0 saturated heterocycles. The Morgan fingerprint density at radius 1 is 1.00 bits per heavy atom. The minimum Gasteiger partial charge on any atom is -0.508 e. The summed E-state index contributed by atoms with van der Waals surface area (Å²) in [7, 11) is 0. The molecule has 0 radical (unpaired) electrons. The molecule has 0 spiro atoms. The summed E-state index contributed by atoms with van der Waals surface area (Å²) in [5.74, 6) is -1.78. The van der Waals surface area contributed by atoms with Gasteiger partial charge in [-0.2, -0.15) is 0 Å². The summed E-state index contributed by atoms with van der Waals surface area (Å²) >= 11 is 0. The van der Waals surface area contributed by atoms with Crippen LogP contribution < -0.4 is 4.74 Å². The number of hydrogen-bond donors (Lipinski definition) is 2. The number of phenolic OH excluding ortho intramolecular Hbond substituents is 1. The highest BCUT2D eigenvalue weighted by atomic mass is 16.5. The van der Waals surface area contributed by atoms with Gasteiger partial charge in [0.25, 0.3) is 0 Å². The van der Waals surface area contributed by atoms with Crippen molar-refractivity contribution < 1.29 is 34.1 Å². The molecule has 2 aromatic rings. The van der Waals surface area contributed by atoms with Gasteiger partial charge in [0.1, 0.15) is 17.1 Å². The molecule has 7 nitrogen and oxygen atoms in total. The lowest BCUT2D eigenvalue weighted by atomic mass is 10.2. The molecule has 0 amide bonds. The van der Waals surface area contributed by atoms with Crippen molar-refractivity contribution >= 4 is 17.9 Å². The Morgan fingerprint density at radius 2 is 1.62 bits per heavy atom. The summed E-state index contributed by atoms with van der Waals surface area (Å²) in [5, 5.41) is 17.6. The van der Waals surface area contributed by atoms with Crippen molar-refractivity contribution in [2.75, 3.05) is 6.61 Å². The van der Waals surface area contributed by atoms with E-state index in [0.29, 0.717) is 12.2 Å². The van der Waals surface area contributed by atoms with E-state index in [9.17, 15) is 14.4 Å². The molecule has 138 valence electrons. The van der Waals surface area contributed by atoms with E-state index in [4.69, 9.17) is 14.9 Å². The number of carboxylic acid groups (broad SMARTS) is 1. The maximum absolute atomic E-state index is 11.2. The highest BCUT2D eigenvalue weighted by molar-refractivity contribution is 5.91. The third-order valence-corrected chi connectivity index (χ3v) is 2.91. The molecule has 2 aromatic carbocycles. The highest BCUT2D eigenvalue weighted by Crippen LogP contribution is 2.17. The fourth-order valence-corrected chi connectivity index (χ4v) is 1.76. The summed E-state index contributed by atoms with van der Waals surface area (Å²) in [6.07, 6.45) is 0.809. The molecular formula is C19H20O7. The SMILES string of the molecule is CC(=O)Oc1ccccc1C(=O)O.CCCOC(=O)c1ccc(O)cc1. The average Bonchev–Trinajstić information content (AvgIpc) is 2.60. The van der Waals surface area contributed by atoms with Crippen LogP contribution in [0.4, 0.5) is 0 Å². The number of rotatable bonds is 5. The summed E-state index contributed by atoms with van der Waals surface area (Å²) in [4.78, 5) is 32.4. The fourth-order valence-electron chi connectivity index (χ4n) is 1.76. The summed E-state index contributed by atoms with van der Waals surface area (Å²) in [6, 6.07) is 12.0. The number of aromatic carboxylic acids is 1. The van der Waals surface area contributed by atoms with Gasteiger partial charge in [-0.3, -0.25) is 4.79 Å². The molecule has 0 aromatic heterocycles. The third-order valence-electron chi connectivity index (χ3n) is 2.91. The van der Waals surface area contributed by atoms with Gasteiger partial charge in [-0.05, 0) is 42.8 Å². The van der Waals surface area contributed by atoms with Crippen molar-refractivity contribution in [1.82, 2.24) is 0 Å². The summed E-state index contributed by atoms with van der Waals surface area (Å²) in [6.45, 7) is 3.59. The second-order valence-corrected chi connectivity index (χ2v) is 5.08. The van der Waals surface area contributed by atoms with Crippen LogP contribution in [-0.4, -0.2) is 34.7 Å². The lowest BCUT2D eigenvalue weighted by molar-refractivity contribution is -0.131. The molecule has 0 heterocycles. The van der Waals surface area contributed by atoms with Gasteiger partial charge >= 0.3 is 17.9 Å². The van der Waals surface area contributed by atoms with Crippen molar-refractivity contribution in [1.29, 1.82) is 0 Å². The Morgan fingerprint density at radius 3 is 2.15 bits per heavy atom. The molecule has 26 heavy (non-hydrogen) atoms. The monoisotopic (exact) mass is 360 g/mol. The van der Waals surface area contributed by atoms with E-state index in [1.807, 2.05) is 6.92 Å². The number of para-hydroxylation sites is 1. The zero-order chi connectivity index (χ0) is 19.5. The van der Waals surface area contributed by atoms with E-state index >= 15 is 0 Å². The lowest BCUT2D eigenvalue weighted by Crippen LogP contribution is -2.06. The first-order valence-corrected chi connectivity index (χ1v) is 7.82. The quantitative estimate of drug-likeness (QED) is 0.622. The van der Waals surface area contributed by atoms with Crippen LogP contribution in [0.3, 0.4) is 0 Å². The molecule has 0 aliphatic carbocycles. The van der Waals surface area contributed by atoms with Gasteiger partial charge in [0.05, 0.1) is 12.2 Å². The second kappa shape index (κ2) is 10.5. The van der Waals surface area contributed by atoms with Gasteiger partial charge in [-0.1, -0.05) is 19.1 Å². The Kier molecular flexibility index (Phi) is 8.36. The molecule has 0 atom stereocenters. The second-order valence-electron chi connectivity index (χ2n) is 5.08. The van der Waals surface area contributed by atoms with E-state index in [1.165, 1.54) is 43.3 Å². The Hall–Kier alpha value is -3.35. The predicted molar refractivity (Wildman–Crippen MR) is 93.4 cm³/mol. The van der Waals surface area contributed by atoms with Crippen molar-refractivity contribution in [3.8, 4) is 11.5 Å². The molecule has 0 aliphatic heterocycles. The fraction of sp³-hybridized carbons (Fsp3) is 0.211. The molecular weight excluding hydrogens is 340 g/mol. The smallest absolute Gasteiger partial charge is 0.339 e. The Balaban J connectivity index is 0.000000260. The van der Waals surface area contributed by atoms with Gasteiger partial charge in [0.2, 0.25) is 0 Å². The molecule has 0 fully saturated rings. The first-order valence-electron chi connectivity index (χ1n) is 7.82. The molecule has 0 bridgehead atoms. The number of hydrogen-bond acceptors (Lipinski definition) is 6. The van der Waals surface area contributed by atoms with Gasteiger partial charge < -0.3 is 19.7 Å². The summed E-state index contributed by atoms with van der Waals surface area (Å²) in [5.41, 5.74) is 0.448. The molecule has 0 aliphatic rings. The van der Waals surface area contributed by atoms with E-state index in [-0.39, 0.29) is 23.0 Å². The number of benzene rings is 2. The lowest BCUT2D eigenvalue weighted by Gasteiger charge is -2.03. The number of carbonyl (C=O) groups is 3. The minimum atomic E-state index is -1.11. The van der Waals surface area contributed by atoms with Crippen LogP contribution in [0.1, 0.15) is 41.0 Å². The van der Waals surface area contributed by atoms with Crippen LogP contribution in [-0.2, 0) is 9.53 Å². The highest BCUT2D eigenvalue weighted by Gasteiger charge is 2.11. The number of esters is 2. The van der Waals surface area contributed by atoms with E-state index < -0.39 is 11.9 Å². The largest absolute Gasteiger partial charge is 0.508 e. The zero-order valence-corrected chi connectivity index (χ0v) is 14.5.